The molecule has 0 aromatic carbocycles. The normalized spacial score (nSPS) is 16.5. The predicted molar refractivity (Wildman–Crippen MR) is 137 cm³/mol. The van der Waals surface area contributed by atoms with Crippen molar-refractivity contribution in [2.75, 3.05) is 6.54 Å². The van der Waals surface area contributed by atoms with E-state index in [4.69, 9.17) is 0 Å². The van der Waals surface area contributed by atoms with Crippen molar-refractivity contribution in [1.29, 1.82) is 0 Å². The molecule has 0 N–H and O–H groups in total. The topological polar surface area (TPSA) is 63.9 Å². The molecular weight excluding hydrogens is 460 g/mol. The van der Waals surface area contributed by atoms with Gasteiger partial charge in [-0.25, -0.2) is 13.8 Å². The van der Waals surface area contributed by atoms with Crippen LogP contribution >= 0.6 is 0 Å². The van der Waals surface area contributed by atoms with Gasteiger partial charge in [-0.2, -0.15) is 0 Å². The number of pyridine rings is 2. The van der Waals surface area contributed by atoms with Gasteiger partial charge in [-0.15, -0.1) is 0 Å². The van der Waals surface area contributed by atoms with Crippen LogP contribution in [0.4, 0.5) is 8.78 Å². The predicted octanol–water partition coefficient (Wildman–Crippen LogP) is 5.20. The highest BCUT2D eigenvalue weighted by atomic mass is 19.1. The summed E-state index contributed by atoms with van der Waals surface area (Å²) >= 11 is 0. The van der Waals surface area contributed by atoms with E-state index < -0.39 is 6.17 Å². The Labute approximate surface area is 210 Å². The summed E-state index contributed by atoms with van der Waals surface area (Å²) in [6, 6.07) is 4.71. The quantitative estimate of drug-likeness (QED) is 0.444. The molecule has 188 valence electrons. The molecule has 3 aromatic heterocycles. The fourth-order valence-electron chi connectivity index (χ4n) is 4.63. The molecule has 8 heteroatoms. The van der Waals surface area contributed by atoms with Crippen LogP contribution in [0.15, 0.2) is 59.3 Å². The maximum atomic E-state index is 14.0. The van der Waals surface area contributed by atoms with Crippen molar-refractivity contribution in [3.05, 3.63) is 93.5 Å². The third-order valence-electron chi connectivity index (χ3n) is 6.81. The average molecular weight is 492 g/mol. The minimum Gasteiger partial charge on any atom is -0.296 e. The minimum absolute atomic E-state index is 0.0500. The molecule has 0 fully saturated rings. The lowest BCUT2D eigenvalue weighted by molar-refractivity contribution is 0.230. The fraction of sp³-hybridized carbons (Fsp3) is 0.357. The zero-order valence-electron chi connectivity index (χ0n) is 21.3. The highest BCUT2D eigenvalue weighted by Gasteiger charge is 2.26. The zero-order chi connectivity index (χ0) is 26.0. The number of alkyl halides is 1. The molecule has 2 atom stereocenters. The molecule has 4 heterocycles. The molecule has 0 radical (unpaired) electrons. The third-order valence-corrected chi connectivity index (χ3v) is 6.81. The Morgan fingerprint density at radius 2 is 1.89 bits per heavy atom. The van der Waals surface area contributed by atoms with Gasteiger partial charge in [0, 0.05) is 67.9 Å². The number of hydrogen-bond acceptors (Lipinski definition) is 5. The van der Waals surface area contributed by atoms with Crippen LogP contribution in [-0.4, -0.2) is 37.0 Å². The van der Waals surface area contributed by atoms with Gasteiger partial charge in [-0.05, 0) is 56.5 Å². The highest BCUT2D eigenvalue weighted by molar-refractivity contribution is 5.64. The van der Waals surface area contributed by atoms with E-state index in [9.17, 15) is 13.6 Å². The van der Waals surface area contributed by atoms with Gasteiger partial charge in [0.05, 0.1) is 11.9 Å². The summed E-state index contributed by atoms with van der Waals surface area (Å²) in [6.07, 6.45) is 8.18. The van der Waals surface area contributed by atoms with Crippen molar-refractivity contribution >= 4 is 5.57 Å². The number of halogens is 2. The molecule has 0 spiro atoms. The minimum atomic E-state index is -1.33. The van der Waals surface area contributed by atoms with Crippen LogP contribution in [0.3, 0.4) is 0 Å². The van der Waals surface area contributed by atoms with Gasteiger partial charge in [0.1, 0.15) is 17.8 Å². The molecule has 0 aliphatic carbocycles. The molecule has 2 unspecified atom stereocenters. The van der Waals surface area contributed by atoms with Crippen LogP contribution in [-0.2, 0) is 20.0 Å². The van der Waals surface area contributed by atoms with Crippen molar-refractivity contribution < 1.29 is 8.78 Å². The zero-order valence-corrected chi connectivity index (χ0v) is 21.3. The monoisotopic (exact) mass is 491 g/mol. The number of hydrogen-bond donors (Lipinski definition) is 0. The van der Waals surface area contributed by atoms with Crippen molar-refractivity contribution in [2.24, 2.45) is 7.05 Å². The molecule has 1 aliphatic rings. The Morgan fingerprint density at radius 3 is 2.58 bits per heavy atom. The SMILES string of the molecule is C/C=C\C(/C(C)=C(/C)c1nc(C(C)F)cc(=O)n1C)N1CCc2ncc(-c3cncc(F)c3)cc2C1. The van der Waals surface area contributed by atoms with Gasteiger partial charge >= 0.3 is 0 Å². The van der Waals surface area contributed by atoms with E-state index in [2.05, 4.69) is 32.0 Å². The second-order valence-electron chi connectivity index (χ2n) is 9.24. The van der Waals surface area contributed by atoms with E-state index in [-0.39, 0.29) is 23.1 Å². The average Bonchev–Trinajstić information content (AvgIpc) is 2.87. The van der Waals surface area contributed by atoms with E-state index in [1.54, 1.807) is 19.4 Å². The molecule has 3 aromatic rings. The maximum absolute atomic E-state index is 14.0. The summed E-state index contributed by atoms with van der Waals surface area (Å²) in [7, 11) is 1.66. The molecule has 1 aliphatic heterocycles. The fourth-order valence-corrected chi connectivity index (χ4v) is 4.63. The van der Waals surface area contributed by atoms with Gasteiger partial charge < -0.3 is 0 Å². The Balaban J connectivity index is 1.70. The lowest BCUT2D eigenvalue weighted by atomic mass is 9.95. The van der Waals surface area contributed by atoms with Gasteiger partial charge in [-0.1, -0.05) is 12.2 Å². The van der Waals surface area contributed by atoms with E-state index >= 15 is 0 Å². The lowest BCUT2D eigenvalue weighted by Crippen LogP contribution is -2.39. The summed E-state index contributed by atoms with van der Waals surface area (Å²) in [5, 5.41) is 0. The third kappa shape index (κ3) is 5.18. The van der Waals surface area contributed by atoms with Crippen LogP contribution in [0.1, 0.15) is 56.6 Å². The summed E-state index contributed by atoms with van der Waals surface area (Å²) in [4.78, 5) is 27.9. The molecular formula is C28H31F2N5O. The highest BCUT2D eigenvalue weighted by Crippen LogP contribution is 2.29. The van der Waals surface area contributed by atoms with Crippen LogP contribution in [0, 0.1) is 5.82 Å². The number of nitrogens with zero attached hydrogens (tertiary/aromatic N) is 5. The Hall–Kier alpha value is -3.52. The Bertz CT molecular complexity index is 1390. The first-order chi connectivity index (χ1) is 17.2. The summed E-state index contributed by atoms with van der Waals surface area (Å²) < 4.78 is 29.2. The van der Waals surface area contributed by atoms with Crippen LogP contribution in [0.25, 0.3) is 16.7 Å². The molecule has 36 heavy (non-hydrogen) atoms. The first-order valence-electron chi connectivity index (χ1n) is 12.0. The number of allylic oxidation sites excluding steroid dienone is 2. The van der Waals surface area contributed by atoms with Crippen molar-refractivity contribution in [2.45, 2.75) is 52.9 Å². The first kappa shape index (κ1) is 25.6. The van der Waals surface area contributed by atoms with Crippen molar-refractivity contribution in [3.8, 4) is 11.1 Å². The number of rotatable bonds is 6. The summed E-state index contributed by atoms with van der Waals surface area (Å²) in [5.74, 6) is 0.0828. The molecule has 0 saturated heterocycles. The molecule has 4 rings (SSSR count). The van der Waals surface area contributed by atoms with Crippen molar-refractivity contribution in [3.63, 3.8) is 0 Å². The summed E-state index contributed by atoms with van der Waals surface area (Å²) in [5.41, 5.74) is 5.35. The van der Waals surface area contributed by atoms with Crippen LogP contribution in [0.5, 0.6) is 0 Å². The second kappa shape index (κ2) is 10.6. The van der Waals surface area contributed by atoms with Crippen molar-refractivity contribution in [1.82, 2.24) is 24.4 Å². The number of fused-ring (bicyclic) bond motifs is 1. The summed E-state index contributed by atoms with van der Waals surface area (Å²) in [6.45, 7) is 8.77. The molecule has 0 saturated carbocycles. The lowest BCUT2D eigenvalue weighted by Gasteiger charge is -2.35. The van der Waals surface area contributed by atoms with E-state index in [0.717, 1.165) is 40.9 Å². The molecule has 0 bridgehead atoms. The van der Waals surface area contributed by atoms with E-state index in [1.165, 1.54) is 29.8 Å². The first-order valence-corrected chi connectivity index (χ1v) is 12.0. The van der Waals surface area contributed by atoms with Crippen LogP contribution in [0.2, 0.25) is 0 Å². The van der Waals surface area contributed by atoms with Gasteiger partial charge in [0.2, 0.25) is 0 Å². The smallest absolute Gasteiger partial charge is 0.253 e. The van der Waals surface area contributed by atoms with Gasteiger partial charge in [0.25, 0.3) is 5.56 Å². The van der Waals surface area contributed by atoms with E-state index in [0.29, 0.717) is 17.9 Å². The van der Waals surface area contributed by atoms with E-state index in [1.807, 2.05) is 26.8 Å². The Morgan fingerprint density at radius 1 is 1.14 bits per heavy atom. The number of aromatic nitrogens is 4. The Kier molecular flexibility index (Phi) is 7.54. The standard InChI is InChI=1S/C28H31F2N5O/c1-6-7-26(17(2)18(3)28-33-25(19(4)29)12-27(36)34(28)5)35-9-8-24-22(16-35)10-20(14-32-24)21-11-23(30)15-31-13-21/h6-7,10-15,19,26H,8-9,16H2,1-5H3/b7-6-,18-17-. The van der Waals surface area contributed by atoms with Gasteiger partial charge in [0.15, 0.2) is 0 Å². The van der Waals surface area contributed by atoms with Gasteiger partial charge in [-0.3, -0.25) is 24.2 Å². The largest absolute Gasteiger partial charge is 0.296 e. The molecule has 0 amide bonds. The maximum Gasteiger partial charge on any atom is 0.253 e. The second-order valence-corrected chi connectivity index (χ2v) is 9.24. The van der Waals surface area contributed by atoms with Crippen LogP contribution < -0.4 is 5.56 Å². The molecule has 6 nitrogen and oxygen atoms in total.